The molecule has 0 aromatic heterocycles. The molecule has 0 amide bonds. The average molecular weight is 269 g/mol. The molecule has 0 spiro atoms. The van der Waals surface area contributed by atoms with Gasteiger partial charge in [0.2, 0.25) is 0 Å². The minimum absolute atomic E-state index is 0.191. The number of hydrogen-bond acceptors (Lipinski definition) is 1. The van der Waals surface area contributed by atoms with Crippen LogP contribution in [0.4, 0.5) is 4.39 Å². The van der Waals surface area contributed by atoms with E-state index in [4.69, 9.17) is 0 Å². The van der Waals surface area contributed by atoms with Crippen molar-refractivity contribution in [2.24, 2.45) is 0 Å². The first kappa shape index (κ1) is 14.5. The summed E-state index contributed by atoms with van der Waals surface area (Å²) in [5.41, 5.74) is 4.94. The van der Waals surface area contributed by atoms with Gasteiger partial charge in [-0.3, -0.25) is 0 Å². The molecule has 20 heavy (non-hydrogen) atoms. The molecule has 0 bridgehead atoms. The van der Waals surface area contributed by atoms with E-state index in [1.54, 1.807) is 12.1 Å². The molecular weight excluding hydrogens is 249 g/mol. The fourth-order valence-electron chi connectivity index (χ4n) is 1.97. The van der Waals surface area contributed by atoms with E-state index in [0.717, 1.165) is 18.7 Å². The highest BCUT2D eigenvalue weighted by atomic mass is 19.1. The number of aryl methyl sites for hydroxylation is 2. The van der Waals surface area contributed by atoms with Crippen LogP contribution in [-0.4, -0.2) is 6.54 Å². The Hall–Kier alpha value is -1.93. The minimum atomic E-state index is -0.191. The van der Waals surface area contributed by atoms with Gasteiger partial charge < -0.3 is 5.32 Å². The Kier molecular flexibility index (Phi) is 5.08. The van der Waals surface area contributed by atoms with Crippen LogP contribution in [0.15, 0.2) is 48.5 Å². The zero-order chi connectivity index (χ0) is 14.4. The summed E-state index contributed by atoms with van der Waals surface area (Å²) in [6.45, 7) is 5.79. The Morgan fingerprint density at radius 2 is 1.75 bits per heavy atom. The van der Waals surface area contributed by atoms with Gasteiger partial charge in [-0.15, -0.1) is 0 Å². The van der Waals surface area contributed by atoms with E-state index in [2.05, 4.69) is 49.5 Å². The topological polar surface area (TPSA) is 12.0 Å². The Balaban J connectivity index is 1.79. The van der Waals surface area contributed by atoms with E-state index in [9.17, 15) is 4.39 Å². The number of benzene rings is 2. The Bertz CT molecular complexity index is 585. The Morgan fingerprint density at radius 1 is 1.00 bits per heavy atom. The number of nitrogens with one attached hydrogen (secondary N) is 1. The van der Waals surface area contributed by atoms with Gasteiger partial charge in [0, 0.05) is 13.1 Å². The highest BCUT2D eigenvalue weighted by Crippen LogP contribution is 2.10. The molecule has 2 heteroatoms. The van der Waals surface area contributed by atoms with Gasteiger partial charge in [0.25, 0.3) is 0 Å². The number of rotatable bonds is 5. The maximum absolute atomic E-state index is 12.7. The van der Waals surface area contributed by atoms with Crippen molar-refractivity contribution in [2.75, 3.05) is 6.54 Å². The summed E-state index contributed by atoms with van der Waals surface area (Å²) in [4.78, 5) is 0. The second-order valence-corrected chi connectivity index (χ2v) is 5.00. The monoisotopic (exact) mass is 269 g/mol. The van der Waals surface area contributed by atoms with E-state index in [1.165, 1.54) is 28.8 Å². The minimum Gasteiger partial charge on any atom is -0.309 e. The van der Waals surface area contributed by atoms with E-state index < -0.39 is 0 Å². The molecule has 2 aromatic rings. The zero-order valence-corrected chi connectivity index (χ0v) is 12.0. The molecule has 2 rings (SSSR count). The molecule has 0 aliphatic rings. The van der Waals surface area contributed by atoms with Crippen molar-refractivity contribution in [1.82, 2.24) is 5.32 Å². The average Bonchev–Trinajstić information content (AvgIpc) is 2.44. The third-order valence-electron chi connectivity index (χ3n) is 3.35. The van der Waals surface area contributed by atoms with Crippen molar-refractivity contribution in [3.8, 4) is 0 Å². The largest absolute Gasteiger partial charge is 0.309 e. The molecule has 0 atom stereocenters. The molecule has 1 nitrogen and oxygen atoms in total. The number of hydrogen-bond donors (Lipinski definition) is 1. The SMILES string of the molecule is Cc1ccc(/C=C/CNCc2ccc(F)cc2)cc1C. The quantitative estimate of drug-likeness (QED) is 0.800. The molecule has 0 saturated heterocycles. The zero-order valence-electron chi connectivity index (χ0n) is 12.0. The predicted molar refractivity (Wildman–Crippen MR) is 83.1 cm³/mol. The van der Waals surface area contributed by atoms with Crippen molar-refractivity contribution in [3.05, 3.63) is 76.6 Å². The maximum atomic E-state index is 12.7. The molecule has 0 aliphatic heterocycles. The van der Waals surface area contributed by atoms with E-state index >= 15 is 0 Å². The van der Waals surface area contributed by atoms with Gasteiger partial charge in [-0.1, -0.05) is 42.5 Å². The predicted octanol–water partition coefficient (Wildman–Crippen LogP) is 4.25. The molecule has 0 unspecified atom stereocenters. The molecule has 2 aromatic carbocycles. The van der Waals surface area contributed by atoms with Crippen molar-refractivity contribution in [2.45, 2.75) is 20.4 Å². The standard InChI is InChI=1S/C18H20FN/c1-14-5-6-16(12-15(14)2)4-3-11-20-13-17-7-9-18(19)10-8-17/h3-10,12,20H,11,13H2,1-2H3/b4-3+. The molecule has 0 saturated carbocycles. The summed E-state index contributed by atoms with van der Waals surface area (Å²) in [5, 5.41) is 3.31. The summed E-state index contributed by atoms with van der Waals surface area (Å²) in [6.07, 6.45) is 4.22. The van der Waals surface area contributed by atoms with E-state index in [-0.39, 0.29) is 5.82 Å². The summed E-state index contributed by atoms with van der Waals surface area (Å²) in [5.74, 6) is -0.191. The fourth-order valence-corrected chi connectivity index (χ4v) is 1.97. The van der Waals surface area contributed by atoms with Gasteiger partial charge in [-0.2, -0.15) is 0 Å². The van der Waals surface area contributed by atoms with Crippen LogP contribution in [0.3, 0.4) is 0 Å². The third-order valence-corrected chi connectivity index (χ3v) is 3.35. The summed E-state index contributed by atoms with van der Waals surface area (Å²) >= 11 is 0. The third kappa shape index (κ3) is 4.32. The summed E-state index contributed by atoms with van der Waals surface area (Å²) in [6, 6.07) is 13.0. The van der Waals surface area contributed by atoms with Crippen LogP contribution in [0, 0.1) is 19.7 Å². The van der Waals surface area contributed by atoms with Crippen molar-refractivity contribution < 1.29 is 4.39 Å². The molecule has 0 aliphatic carbocycles. The van der Waals surface area contributed by atoms with Crippen molar-refractivity contribution >= 4 is 6.08 Å². The Morgan fingerprint density at radius 3 is 2.45 bits per heavy atom. The van der Waals surface area contributed by atoms with Gasteiger partial charge in [-0.25, -0.2) is 4.39 Å². The lowest BCUT2D eigenvalue weighted by atomic mass is 10.1. The molecule has 0 fully saturated rings. The molecule has 104 valence electrons. The van der Waals surface area contributed by atoms with Crippen molar-refractivity contribution in [1.29, 1.82) is 0 Å². The maximum Gasteiger partial charge on any atom is 0.123 e. The first-order valence-corrected chi connectivity index (χ1v) is 6.84. The first-order chi connectivity index (χ1) is 9.65. The van der Waals surface area contributed by atoms with Gasteiger partial charge in [-0.05, 0) is 48.2 Å². The van der Waals surface area contributed by atoms with Gasteiger partial charge in [0.15, 0.2) is 0 Å². The van der Waals surface area contributed by atoms with Crippen LogP contribution < -0.4 is 5.32 Å². The smallest absolute Gasteiger partial charge is 0.123 e. The van der Waals surface area contributed by atoms with Crippen LogP contribution in [0.5, 0.6) is 0 Å². The summed E-state index contributed by atoms with van der Waals surface area (Å²) in [7, 11) is 0. The molecule has 0 radical (unpaired) electrons. The first-order valence-electron chi connectivity index (χ1n) is 6.84. The lowest BCUT2D eigenvalue weighted by Gasteiger charge is -2.03. The second kappa shape index (κ2) is 7.01. The number of halogens is 1. The lowest BCUT2D eigenvalue weighted by Crippen LogP contribution is -2.12. The van der Waals surface area contributed by atoms with Crippen LogP contribution in [0.1, 0.15) is 22.3 Å². The van der Waals surface area contributed by atoms with Crippen LogP contribution in [-0.2, 0) is 6.54 Å². The van der Waals surface area contributed by atoms with Crippen LogP contribution >= 0.6 is 0 Å². The highest BCUT2D eigenvalue weighted by molar-refractivity contribution is 5.51. The molecule has 0 heterocycles. The summed E-state index contributed by atoms with van der Waals surface area (Å²) < 4.78 is 12.7. The van der Waals surface area contributed by atoms with Crippen LogP contribution in [0.2, 0.25) is 0 Å². The van der Waals surface area contributed by atoms with Gasteiger partial charge >= 0.3 is 0 Å². The second-order valence-electron chi connectivity index (χ2n) is 5.00. The lowest BCUT2D eigenvalue weighted by molar-refractivity contribution is 0.626. The Labute approximate surface area is 120 Å². The molecular formula is C18H20FN. The normalized spacial score (nSPS) is 11.2. The fraction of sp³-hybridized carbons (Fsp3) is 0.222. The van der Waals surface area contributed by atoms with E-state index in [1.807, 2.05) is 0 Å². The highest BCUT2D eigenvalue weighted by Gasteiger charge is 1.94. The van der Waals surface area contributed by atoms with E-state index in [0.29, 0.717) is 0 Å². The molecule has 1 N–H and O–H groups in total. The van der Waals surface area contributed by atoms with Crippen molar-refractivity contribution in [3.63, 3.8) is 0 Å². The van der Waals surface area contributed by atoms with Crippen LogP contribution in [0.25, 0.3) is 6.08 Å². The van der Waals surface area contributed by atoms with Gasteiger partial charge in [0.1, 0.15) is 5.82 Å². The van der Waals surface area contributed by atoms with Gasteiger partial charge in [0.05, 0.1) is 0 Å².